The molecule has 17 heavy (non-hydrogen) atoms. The highest BCUT2D eigenvalue weighted by Gasteiger charge is 2.36. The molecule has 0 saturated carbocycles. The topological polar surface area (TPSA) is 44.1 Å². The van der Waals surface area contributed by atoms with Crippen LogP contribution in [0.3, 0.4) is 0 Å². The molecular formula is C13H16N2OS. The van der Waals surface area contributed by atoms with Crippen molar-refractivity contribution in [3.63, 3.8) is 0 Å². The van der Waals surface area contributed by atoms with Gasteiger partial charge in [0.05, 0.1) is 18.0 Å². The first-order chi connectivity index (χ1) is 8.13. The Hall–Kier alpha value is -1.34. The van der Waals surface area contributed by atoms with Gasteiger partial charge in [-0.15, -0.1) is 11.3 Å². The molecule has 1 saturated heterocycles. The maximum Gasteiger partial charge on any atom is 0.224 e. The maximum atomic E-state index is 12.0. The smallest absolute Gasteiger partial charge is 0.224 e. The zero-order chi connectivity index (χ0) is 12.4. The second-order valence-electron chi connectivity index (χ2n) is 4.78. The van der Waals surface area contributed by atoms with Crippen molar-refractivity contribution in [3.05, 3.63) is 22.4 Å². The molecule has 1 amide bonds. The van der Waals surface area contributed by atoms with Gasteiger partial charge in [0.25, 0.3) is 0 Å². The van der Waals surface area contributed by atoms with E-state index in [1.54, 1.807) is 11.3 Å². The molecular weight excluding hydrogens is 232 g/mol. The normalized spacial score (nSPS) is 21.9. The van der Waals surface area contributed by atoms with Crippen LogP contribution in [0.5, 0.6) is 0 Å². The lowest BCUT2D eigenvalue weighted by Gasteiger charge is -2.30. The van der Waals surface area contributed by atoms with Crippen LogP contribution in [-0.4, -0.2) is 17.4 Å². The molecule has 0 N–H and O–H groups in total. The third kappa shape index (κ3) is 2.34. The Labute approximate surface area is 106 Å². The van der Waals surface area contributed by atoms with Crippen molar-refractivity contribution in [2.24, 2.45) is 11.8 Å². The van der Waals surface area contributed by atoms with Gasteiger partial charge in [0.15, 0.2) is 0 Å². The van der Waals surface area contributed by atoms with E-state index in [0.717, 1.165) is 0 Å². The molecule has 0 spiro atoms. The summed E-state index contributed by atoms with van der Waals surface area (Å²) in [5, 5.41) is 11.0. The summed E-state index contributed by atoms with van der Waals surface area (Å²) in [6.45, 7) is 4.82. The average Bonchev–Trinajstić information content (AvgIpc) is 2.89. The fourth-order valence-electron chi connectivity index (χ4n) is 2.39. The third-order valence-corrected chi connectivity index (χ3v) is 4.09. The highest BCUT2D eigenvalue weighted by Crippen LogP contribution is 2.35. The molecule has 0 aliphatic carbocycles. The van der Waals surface area contributed by atoms with Gasteiger partial charge in [-0.1, -0.05) is 19.9 Å². The number of rotatable bonds is 3. The van der Waals surface area contributed by atoms with E-state index >= 15 is 0 Å². The Morgan fingerprint density at radius 1 is 1.59 bits per heavy atom. The van der Waals surface area contributed by atoms with Crippen molar-refractivity contribution < 1.29 is 4.79 Å². The van der Waals surface area contributed by atoms with E-state index in [1.807, 2.05) is 16.3 Å². The van der Waals surface area contributed by atoms with Gasteiger partial charge >= 0.3 is 0 Å². The lowest BCUT2D eigenvalue weighted by Crippen LogP contribution is -2.32. The first kappa shape index (κ1) is 12.1. The lowest BCUT2D eigenvalue weighted by atomic mass is 10.0. The van der Waals surface area contributed by atoms with Gasteiger partial charge in [0.1, 0.15) is 0 Å². The fourth-order valence-corrected chi connectivity index (χ4v) is 3.40. The number of nitrogens with zero attached hydrogens (tertiary/aromatic N) is 2. The number of carbonyl (C=O) groups excluding carboxylic acids is 1. The molecule has 90 valence electrons. The predicted molar refractivity (Wildman–Crippen MR) is 67.3 cm³/mol. The number of nitriles is 1. The van der Waals surface area contributed by atoms with E-state index in [0.29, 0.717) is 18.9 Å². The van der Waals surface area contributed by atoms with Crippen LogP contribution in [0.2, 0.25) is 0 Å². The van der Waals surface area contributed by atoms with E-state index < -0.39 is 0 Å². The predicted octanol–water partition coefficient (Wildman–Crippen LogP) is 2.82. The van der Waals surface area contributed by atoms with Crippen LogP contribution in [0.4, 0.5) is 0 Å². The molecule has 2 rings (SSSR count). The second-order valence-corrected chi connectivity index (χ2v) is 5.76. The third-order valence-electron chi connectivity index (χ3n) is 3.14. The summed E-state index contributed by atoms with van der Waals surface area (Å²) in [4.78, 5) is 15.1. The number of hydrogen-bond donors (Lipinski definition) is 0. The minimum atomic E-state index is -0.135. The molecule has 1 aliphatic heterocycles. The van der Waals surface area contributed by atoms with Crippen LogP contribution in [0.15, 0.2) is 17.5 Å². The number of carbonyl (C=O) groups is 1. The van der Waals surface area contributed by atoms with Crippen molar-refractivity contribution in [2.45, 2.75) is 26.3 Å². The quantitative estimate of drug-likeness (QED) is 0.825. The first-order valence-electron chi connectivity index (χ1n) is 5.86. The van der Waals surface area contributed by atoms with Crippen LogP contribution in [0.25, 0.3) is 0 Å². The van der Waals surface area contributed by atoms with Crippen molar-refractivity contribution in [1.82, 2.24) is 4.90 Å². The van der Waals surface area contributed by atoms with E-state index in [-0.39, 0.29) is 17.9 Å². The molecule has 1 aromatic rings. The minimum Gasteiger partial charge on any atom is -0.333 e. The number of likely N-dealkylation sites (tertiary alicyclic amines) is 1. The SMILES string of the molecule is CC(C)C(c1cccs1)N1CC(C#N)CC1=O. The molecule has 2 atom stereocenters. The van der Waals surface area contributed by atoms with Gasteiger partial charge in [-0.2, -0.15) is 5.26 Å². The van der Waals surface area contributed by atoms with Gasteiger partial charge in [0, 0.05) is 17.8 Å². The summed E-state index contributed by atoms with van der Waals surface area (Å²) in [6, 6.07) is 6.41. The van der Waals surface area contributed by atoms with Crippen LogP contribution in [0, 0.1) is 23.2 Å². The molecule has 4 heteroatoms. The Balaban J connectivity index is 2.24. The Morgan fingerprint density at radius 2 is 2.35 bits per heavy atom. The van der Waals surface area contributed by atoms with E-state index in [9.17, 15) is 4.79 Å². The summed E-state index contributed by atoms with van der Waals surface area (Å²) in [5.74, 6) is 0.349. The zero-order valence-electron chi connectivity index (χ0n) is 10.1. The van der Waals surface area contributed by atoms with Gasteiger partial charge in [-0.05, 0) is 17.4 Å². The Kier molecular flexibility index (Phi) is 3.49. The number of amides is 1. The van der Waals surface area contributed by atoms with Crippen molar-refractivity contribution in [1.29, 1.82) is 5.26 Å². The molecule has 0 bridgehead atoms. The molecule has 1 aliphatic rings. The monoisotopic (exact) mass is 248 g/mol. The standard InChI is InChI=1S/C13H16N2OS/c1-9(2)13(11-4-3-5-17-11)15-8-10(7-14)6-12(15)16/h3-5,9-10,13H,6,8H2,1-2H3. The van der Waals surface area contributed by atoms with Gasteiger partial charge in [0.2, 0.25) is 5.91 Å². The summed E-state index contributed by atoms with van der Waals surface area (Å²) in [6.07, 6.45) is 0.380. The molecule has 1 aromatic heterocycles. The van der Waals surface area contributed by atoms with Crippen molar-refractivity contribution >= 4 is 17.2 Å². The molecule has 2 unspecified atom stereocenters. The van der Waals surface area contributed by atoms with Crippen LogP contribution < -0.4 is 0 Å². The number of thiophene rings is 1. The van der Waals surface area contributed by atoms with Gasteiger partial charge in [-0.3, -0.25) is 4.79 Å². The lowest BCUT2D eigenvalue weighted by molar-refractivity contribution is -0.130. The average molecular weight is 248 g/mol. The zero-order valence-corrected chi connectivity index (χ0v) is 10.9. The van der Waals surface area contributed by atoms with Crippen LogP contribution >= 0.6 is 11.3 Å². The molecule has 0 aromatic carbocycles. The molecule has 2 heterocycles. The first-order valence-corrected chi connectivity index (χ1v) is 6.74. The molecule has 1 fully saturated rings. The summed E-state index contributed by atoms with van der Waals surface area (Å²) in [7, 11) is 0. The fraction of sp³-hybridized carbons (Fsp3) is 0.538. The minimum absolute atomic E-state index is 0.114. The summed E-state index contributed by atoms with van der Waals surface area (Å²) in [5.41, 5.74) is 0. The van der Waals surface area contributed by atoms with Crippen LogP contribution in [-0.2, 0) is 4.79 Å². The largest absolute Gasteiger partial charge is 0.333 e. The number of hydrogen-bond acceptors (Lipinski definition) is 3. The summed E-state index contributed by atoms with van der Waals surface area (Å²) < 4.78 is 0. The Bertz CT molecular complexity index is 433. The van der Waals surface area contributed by atoms with E-state index in [1.165, 1.54) is 4.88 Å². The highest BCUT2D eigenvalue weighted by molar-refractivity contribution is 7.10. The van der Waals surface area contributed by atoms with E-state index in [4.69, 9.17) is 5.26 Å². The van der Waals surface area contributed by atoms with Gasteiger partial charge in [-0.25, -0.2) is 0 Å². The second kappa shape index (κ2) is 4.89. The van der Waals surface area contributed by atoms with Crippen molar-refractivity contribution in [2.75, 3.05) is 6.54 Å². The highest BCUT2D eigenvalue weighted by atomic mass is 32.1. The molecule has 0 radical (unpaired) electrons. The van der Waals surface area contributed by atoms with Gasteiger partial charge < -0.3 is 4.90 Å². The Morgan fingerprint density at radius 3 is 2.82 bits per heavy atom. The molecule has 3 nitrogen and oxygen atoms in total. The van der Waals surface area contributed by atoms with Crippen molar-refractivity contribution in [3.8, 4) is 6.07 Å². The van der Waals surface area contributed by atoms with E-state index in [2.05, 4.69) is 26.0 Å². The van der Waals surface area contributed by atoms with Crippen LogP contribution in [0.1, 0.15) is 31.2 Å². The summed E-state index contributed by atoms with van der Waals surface area (Å²) >= 11 is 1.68. The maximum absolute atomic E-state index is 12.0.